The normalized spacial score (nSPS) is 11.0. The molecule has 2 rings (SSSR count). The largest absolute Gasteiger partial charge is 0.409 e. The standard InChI is InChI=1S/C15H16N4O2/c1-19(15(20)17-12-7-3-2-4-8-12)13-9-5-6-11(10-13)14(16)18-21/h2-10,21H,1H3,(H2,16,18)(H,17,20). The van der Waals surface area contributed by atoms with Crippen molar-refractivity contribution in [3.05, 3.63) is 60.2 Å². The second-order valence-corrected chi connectivity index (χ2v) is 4.39. The summed E-state index contributed by atoms with van der Waals surface area (Å²) in [5.74, 6) is -0.00582. The van der Waals surface area contributed by atoms with Gasteiger partial charge in [0.15, 0.2) is 5.84 Å². The Kier molecular flexibility index (Phi) is 4.40. The lowest BCUT2D eigenvalue weighted by Gasteiger charge is -2.18. The van der Waals surface area contributed by atoms with E-state index in [0.29, 0.717) is 16.9 Å². The molecular weight excluding hydrogens is 268 g/mol. The van der Waals surface area contributed by atoms with Crippen LogP contribution in [0.1, 0.15) is 5.56 Å². The number of carbonyl (C=O) groups excluding carboxylic acids is 1. The van der Waals surface area contributed by atoms with E-state index in [4.69, 9.17) is 10.9 Å². The third-order valence-electron chi connectivity index (χ3n) is 2.97. The number of para-hydroxylation sites is 1. The molecule has 0 aromatic heterocycles. The summed E-state index contributed by atoms with van der Waals surface area (Å²) < 4.78 is 0. The Bertz CT molecular complexity index is 656. The minimum Gasteiger partial charge on any atom is -0.409 e. The fourth-order valence-electron chi connectivity index (χ4n) is 1.78. The Hall–Kier alpha value is -3.02. The molecule has 4 N–H and O–H groups in total. The molecule has 0 heterocycles. The number of oxime groups is 1. The molecule has 2 aromatic carbocycles. The number of amides is 2. The van der Waals surface area contributed by atoms with E-state index < -0.39 is 0 Å². The summed E-state index contributed by atoms with van der Waals surface area (Å²) >= 11 is 0. The maximum atomic E-state index is 12.2. The van der Waals surface area contributed by atoms with Gasteiger partial charge in [-0.25, -0.2) is 4.79 Å². The van der Waals surface area contributed by atoms with Gasteiger partial charge in [-0.2, -0.15) is 0 Å². The Morgan fingerprint density at radius 3 is 2.57 bits per heavy atom. The summed E-state index contributed by atoms with van der Waals surface area (Å²) in [5.41, 5.74) is 7.42. The second kappa shape index (κ2) is 6.42. The molecule has 0 spiro atoms. The first kappa shape index (κ1) is 14.4. The maximum absolute atomic E-state index is 12.2. The average Bonchev–Trinajstić information content (AvgIpc) is 2.54. The molecule has 6 nitrogen and oxygen atoms in total. The summed E-state index contributed by atoms with van der Waals surface area (Å²) in [6, 6.07) is 15.7. The van der Waals surface area contributed by atoms with Crippen LogP contribution in [-0.4, -0.2) is 24.1 Å². The van der Waals surface area contributed by atoms with Crippen molar-refractivity contribution in [2.24, 2.45) is 10.9 Å². The highest BCUT2D eigenvalue weighted by Crippen LogP contribution is 2.16. The molecule has 2 amide bonds. The van der Waals surface area contributed by atoms with Crippen molar-refractivity contribution in [1.82, 2.24) is 0 Å². The maximum Gasteiger partial charge on any atom is 0.326 e. The third-order valence-corrected chi connectivity index (χ3v) is 2.97. The number of anilines is 2. The Morgan fingerprint density at radius 2 is 1.90 bits per heavy atom. The highest BCUT2D eigenvalue weighted by atomic mass is 16.4. The van der Waals surface area contributed by atoms with Crippen LogP contribution in [-0.2, 0) is 0 Å². The minimum atomic E-state index is -0.280. The van der Waals surface area contributed by atoms with E-state index in [0.717, 1.165) is 0 Å². The first-order chi connectivity index (χ1) is 10.1. The van der Waals surface area contributed by atoms with Crippen LogP contribution in [0.3, 0.4) is 0 Å². The molecule has 0 atom stereocenters. The molecular formula is C15H16N4O2. The van der Waals surface area contributed by atoms with Crippen molar-refractivity contribution < 1.29 is 10.0 Å². The number of nitrogens with one attached hydrogen (secondary N) is 1. The van der Waals surface area contributed by atoms with E-state index in [-0.39, 0.29) is 11.9 Å². The lowest BCUT2D eigenvalue weighted by atomic mass is 10.2. The topological polar surface area (TPSA) is 91.0 Å². The van der Waals surface area contributed by atoms with Crippen LogP contribution in [0.15, 0.2) is 59.8 Å². The molecule has 0 saturated carbocycles. The van der Waals surface area contributed by atoms with Gasteiger partial charge < -0.3 is 16.3 Å². The fraction of sp³-hybridized carbons (Fsp3) is 0.0667. The van der Waals surface area contributed by atoms with Gasteiger partial charge in [-0.3, -0.25) is 4.90 Å². The van der Waals surface area contributed by atoms with Crippen LogP contribution in [0.2, 0.25) is 0 Å². The van der Waals surface area contributed by atoms with E-state index in [2.05, 4.69) is 10.5 Å². The summed E-state index contributed by atoms with van der Waals surface area (Å²) in [7, 11) is 1.64. The number of amidine groups is 1. The van der Waals surface area contributed by atoms with Crippen molar-refractivity contribution in [3.8, 4) is 0 Å². The monoisotopic (exact) mass is 284 g/mol. The van der Waals surface area contributed by atoms with E-state index in [9.17, 15) is 4.79 Å². The molecule has 0 saturated heterocycles. The molecule has 0 aliphatic heterocycles. The number of hydrogen-bond acceptors (Lipinski definition) is 3. The van der Waals surface area contributed by atoms with Gasteiger partial charge in [0.2, 0.25) is 0 Å². The van der Waals surface area contributed by atoms with Crippen LogP contribution >= 0.6 is 0 Å². The summed E-state index contributed by atoms with van der Waals surface area (Å²) in [6.45, 7) is 0. The summed E-state index contributed by atoms with van der Waals surface area (Å²) in [5, 5.41) is 14.4. The highest BCUT2D eigenvalue weighted by molar-refractivity contribution is 6.03. The van der Waals surface area contributed by atoms with Gasteiger partial charge >= 0.3 is 6.03 Å². The first-order valence-corrected chi connectivity index (χ1v) is 6.29. The summed E-state index contributed by atoms with van der Waals surface area (Å²) in [4.78, 5) is 13.6. The summed E-state index contributed by atoms with van der Waals surface area (Å²) in [6.07, 6.45) is 0. The molecule has 2 aromatic rings. The predicted molar refractivity (Wildman–Crippen MR) is 82.8 cm³/mol. The zero-order valence-corrected chi connectivity index (χ0v) is 11.5. The molecule has 0 bridgehead atoms. The lowest BCUT2D eigenvalue weighted by Crippen LogP contribution is -2.31. The number of urea groups is 1. The third kappa shape index (κ3) is 3.50. The highest BCUT2D eigenvalue weighted by Gasteiger charge is 2.12. The van der Waals surface area contributed by atoms with Gasteiger partial charge in [0.1, 0.15) is 0 Å². The SMILES string of the molecule is CN(C(=O)Nc1ccccc1)c1cccc(C(N)=NO)c1. The Labute approximate surface area is 122 Å². The Balaban J connectivity index is 2.16. The van der Waals surface area contributed by atoms with Crippen LogP contribution < -0.4 is 16.0 Å². The molecule has 0 aliphatic carbocycles. The lowest BCUT2D eigenvalue weighted by molar-refractivity contribution is 0.258. The smallest absolute Gasteiger partial charge is 0.326 e. The number of nitrogens with two attached hydrogens (primary N) is 1. The van der Waals surface area contributed by atoms with Gasteiger partial charge in [-0.1, -0.05) is 35.5 Å². The molecule has 0 unspecified atom stereocenters. The van der Waals surface area contributed by atoms with Crippen LogP contribution in [0.25, 0.3) is 0 Å². The van der Waals surface area contributed by atoms with Crippen LogP contribution in [0, 0.1) is 0 Å². The van der Waals surface area contributed by atoms with Crippen molar-refractivity contribution in [2.75, 3.05) is 17.3 Å². The number of hydrogen-bond donors (Lipinski definition) is 3. The molecule has 0 fully saturated rings. The minimum absolute atomic E-state index is 0.00582. The van der Waals surface area contributed by atoms with Gasteiger partial charge in [0.25, 0.3) is 0 Å². The van der Waals surface area contributed by atoms with E-state index in [1.807, 2.05) is 18.2 Å². The van der Waals surface area contributed by atoms with E-state index >= 15 is 0 Å². The second-order valence-electron chi connectivity index (χ2n) is 4.39. The zero-order chi connectivity index (χ0) is 15.2. The number of carbonyl (C=O) groups is 1. The first-order valence-electron chi connectivity index (χ1n) is 6.29. The van der Waals surface area contributed by atoms with Crippen LogP contribution in [0.5, 0.6) is 0 Å². The van der Waals surface area contributed by atoms with Crippen LogP contribution in [0.4, 0.5) is 16.2 Å². The number of rotatable bonds is 3. The van der Waals surface area contributed by atoms with Gasteiger partial charge in [-0.15, -0.1) is 0 Å². The fourth-order valence-corrected chi connectivity index (χ4v) is 1.78. The molecule has 21 heavy (non-hydrogen) atoms. The van der Waals surface area contributed by atoms with Crippen molar-refractivity contribution in [3.63, 3.8) is 0 Å². The van der Waals surface area contributed by atoms with Crippen molar-refractivity contribution in [2.45, 2.75) is 0 Å². The zero-order valence-electron chi connectivity index (χ0n) is 11.5. The van der Waals surface area contributed by atoms with Gasteiger partial charge in [-0.05, 0) is 24.3 Å². The van der Waals surface area contributed by atoms with E-state index in [1.165, 1.54) is 4.90 Å². The Morgan fingerprint density at radius 1 is 1.19 bits per heavy atom. The quantitative estimate of drug-likeness (QED) is 0.350. The molecule has 108 valence electrons. The predicted octanol–water partition coefficient (Wildman–Crippen LogP) is 2.45. The van der Waals surface area contributed by atoms with Gasteiger partial charge in [0.05, 0.1) is 0 Å². The average molecular weight is 284 g/mol. The van der Waals surface area contributed by atoms with E-state index in [1.54, 1.807) is 43.4 Å². The van der Waals surface area contributed by atoms with Crippen molar-refractivity contribution >= 4 is 23.2 Å². The molecule has 0 radical (unpaired) electrons. The molecule has 6 heteroatoms. The van der Waals surface area contributed by atoms with Crippen molar-refractivity contribution in [1.29, 1.82) is 0 Å². The number of benzene rings is 2. The molecule has 0 aliphatic rings. The number of nitrogens with zero attached hydrogens (tertiary/aromatic N) is 2. The van der Waals surface area contributed by atoms with Gasteiger partial charge in [0, 0.05) is 24.0 Å².